The van der Waals surface area contributed by atoms with E-state index in [1.807, 2.05) is 6.07 Å². The van der Waals surface area contributed by atoms with Crippen LogP contribution in [0.2, 0.25) is 0 Å². The normalized spacial score (nSPS) is 18.3. The molecule has 1 unspecified atom stereocenters. The first kappa shape index (κ1) is 24.4. The minimum Gasteiger partial charge on any atom is -0.465 e. The molecule has 33 heavy (non-hydrogen) atoms. The van der Waals surface area contributed by atoms with Crippen molar-refractivity contribution in [3.8, 4) is 0 Å². The SMILES string of the molecule is COC(=O)c1ccc([C@H](C)CC(=O)C2CC(F)(F)CCN2C(=O)OCc2ccccc2)cc1. The third kappa shape index (κ3) is 6.37. The standard InChI is InChI=1S/C25H27F2NO5/c1-17(19-8-10-20(11-9-19)23(30)32-2)14-22(29)21-15-25(26,27)12-13-28(21)24(31)33-16-18-6-4-3-5-7-18/h3-11,17,21H,12-16H2,1-2H3/t17-,21?/m1/s1. The highest BCUT2D eigenvalue weighted by Gasteiger charge is 2.45. The largest absolute Gasteiger partial charge is 0.465 e. The maximum atomic E-state index is 14.1. The third-order valence-electron chi connectivity index (χ3n) is 5.81. The molecule has 0 aromatic heterocycles. The van der Waals surface area contributed by atoms with Gasteiger partial charge in [0.15, 0.2) is 5.78 Å². The maximum absolute atomic E-state index is 14.1. The van der Waals surface area contributed by atoms with E-state index in [1.54, 1.807) is 55.5 Å². The Balaban J connectivity index is 1.67. The van der Waals surface area contributed by atoms with E-state index in [4.69, 9.17) is 4.74 Å². The first-order valence-electron chi connectivity index (χ1n) is 10.8. The van der Waals surface area contributed by atoms with E-state index in [2.05, 4.69) is 4.74 Å². The number of hydrogen-bond donors (Lipinski definition) is 0. The monoisotopic (exact) mass is 459 g/mol. The van der Waals surface area contributed by atoms with Gasteiger partial charge >= 0.3 is 12.1 Å². The highest BCUT2D eigenvalue weighted by Crippen LogP contribution is 2.34. The van der Waals surface area contributed by atoms with Crippen LogP contribution in [0.1, 0.15) is 53.6 Å². The minimum atomic E-state index is -3.03. The number of piperidine rings is 1. The molecule has 0 radical (unpaired) electrons. The van der Waals surface area contributed by atoms with E-state index in [9.17, 15) is 23.2 Å². The number of ether oxygens (including phenoxy) is 2. The Morgan fingerprint density at radius 1 is 1.09 bits per heavy atom. The van der Waals surface area contributed by atoms with Gasteiger partial charge in [0.2, 0.25) is 0 Å². The van der Waals surface area contributed by atoms with Crippen LogP contribution >= 0.6 is 0 Å². The number of carbonyl (C=O) groups excluding carboxylic acids is 3. The van der Waals surface area contributed by atoms with E-state index in [0.29, 0.717) is 5.56 Å². The first-order valence-corrected chi connectivity index (χ1v) is 10.8. The molecule has 0 N–H and O–H groups in total. The maximum Gasteiger partial charge on any atom is 0.410 e. The van der Waals surface area contributed by atoms with Gasteiger partial charge in [0.05, 0.1) is 18.7 Å². The molecule has 0 aliphatic carbocycles. The topological polar surface area (TPSA) is 72.9 Å². The quantitative estimate of drug-likeness (QED) is 0.547. The van der Waals surface area contributed by atoms with Crippen LogP contribution in [0, 0.1) is 0 Å². The number of nitrogens with zero attached hydrogens (tertiary/aromatic N) is 1. The van der Waals surface area contributed by atoms with Gasteiger partial charge in [0, 0.05) is 25.8 Å². The molecule has 0 bridgehead atoms. The molecular weight excluding hydrogens is 432 g/mol. The van der Waals surface area contributed by atoms with Crippen LogP contribution in [0.15, 0.2) is 54.6 Å². The molecule has 8 heteroatoms. The lowest BCUT2D eigenvalue weighted by atomic mass is 9.88. The molecule has 176 valence electrons. The number of carbonyl (C=O) groups is 3. The summed E-state index contributed by atoms with van der Waals surface area (Å²) in [5.74, 6) is -4.24. The summed E-state index contributed by atoms with van der Waals surface area (Å²) < 4.78 is 38.3. The zero-order valence-electron chi connectivity index (χ0n) is 18.6. The van der Waals surface area contributed by atoms with Gasteiger partial charge in [-0.15, -0.1) is 0 Å². The van der Waals surface area contributed by atoms with Gasteiger partial charge in [-0.3, -0.25) is 9.69 Å². The van der Waals surface area contributed by atoms with Gasteiger partial charge in [0.25, 0.3) is 5.92 Å². The molecule has 1 aliphatic heterocycles. The molecule has 1 saturated heterocycles. The number of benzene rings is 2. The van der Waals surface area contributed by atoms with Crippen molar-refractivity contribution in [2.24, 2.45) is 0 Å². The second-order valence-electron chi connectivity index (χ2n) is 8.24. The van der Waals surface area contributed by atoms with Crippen molar-refractivity contribution >= 4 is 17.8 Å². The van der Waals surface area contributed by atoms with Gasteiger partial charge < -0.3 is 9.47 Å². The zero-order valence-corrected chi connectivity index (χ0v) is 18.6. The smallest absolute Gasteiger partial charge is 0.410 e. The summed E-state index contributed by atoms with van der Waals surface area (Å²) in [6, 6.07) is 14.3. The molecule has 2 atom stereocenters. The number of halogens is 2. The molecule has 2 aromatic rings. The number of likely N-dealkylation sites (tertiary alicyclic amines) is 1. The average molecular weight is 459 g/mol. The van der Waals surface area contributed by atoms with Crippen LogP contribution in [0.4, 0.5) is 13.6 Å². The Morgan fingerprint density at radius 2 is 1.76 bits per heavy atom. The van der Waals surface area contributed by atoms with E-state index in [1.165, 1.54) is 7.11 Å². The molecule has 0 spiro atoms. The van der Waals surface area contributed by atoms with Crippen molar-refractivity contribution < 1.29 is 32.6 Å². The molecule has 1 fully saturated rings. The number of methoxy groups -OCH3 is 1. The highest BCUT2D eigenvalue weighted by molar-refractivity contribution is 5.90. The number of rotatable bonds is 7. The molecule has 6 nitrogen and oxygen atoms in total. The highest BCUT2D eigenvalue weighted by atomic mass is 19.3. The summed E-state index contributed by atoms with van der Waals surface area (Å²) in [6.45, 7) is 1.54. The average Bonchev–Trinajstić information content (AvgIpc) is 2.82. The Morgan fingerprint density at radius 3 is 2.39 bits per heavy atom. The van der Waals surface area contributed by atoms with Crippen LogP contribution < -0.4 is 0 Å². The fraction of sp³-hybridized carbons (Fsp3) is 0.400. The summed E-state index contributed by atoms with van der Waals surface area (Å²) in [5, 5.41) is 0. The van der Waals surface area contributed by atoms with Crippen molar-refractivity contribution in [3.05, 3.63) is 71.3 Å². The van der Waals surface area contributed by atoms with Crippen molar-refractivity contribution in [2.45, 2.75) is 50.7 Å². The summed E-state index contributed by atoms with van der Waals surface area (Å²) >= 11 is 0. The van der Waals surface area contributed by atoms with Crippen molar-refractivity contribution in [1.82, 2.24) is 4.90 Å². The van der Waals surface area contributed by atoms with Gasteiger partial charge in [-0.2, -0.15) is 0 Å². The molecule has 1 aliphatic rings. The summed E-state index contributed by atoms with van der Waals surface area (Å²) in [5.41, 5.74) is 1.91. The number of alkyl halides is 2. The lowest BCUT2D eigenvalue weighted by molar-refractivity contribution is -0.134. The number of hydrogen-bond acceptors (Lipinski definition) is 5. The fourth-order valence-corrected chi connectivity index (χ4v) is 3.86. The lowest BCUT2D eigenvalue weighted by Gasteiger charge is -2.38. The van der Waals surface area contributed by atoms with Crippen LogP contribution in [-0.4, -0.2) is 48.4 Å². The van der Waals surface area contributed by atoms with E-state index in [-0.39, 0.29) is 25.5 Å². The zero-order chi connectivity index (χ0) is 24.0. The second kappa shape index (κ2) is 10.6. The first-order chi connectivity index (χ1) is 15.7. The second-order valence-corrected chi connectivity index (χ2v) is 8.24. The molecule has 1 heterocycles. The Kier molecular flexibility index (Phi) is 7.79. The third-order valence-corrected chi connectivity index (χ3v) is 5.81. The summed E-state index contributed by atoms with van der Waals surface area (Å²) in [7, 11) is 1.29. The van der Waals surface area contributed by atoms with E-state index >= 15 is 0 Å². The van der Waals surface area contributed by atoms with Crippen molar-refractivity contribution in [3.63, 3.8) is 0 Å². The fourth-order valence-electron chi connectivity index (χ4n) is 3.86. The van der Waals surface area contributed by atoms with Gasteiger partial charge in [-0.05, 0) is 29.2 Å². The lowest BCUT2D eigenvalue weighted by Crippen LogP contribution is -2.53. The number of ketones is 1. The van der Waals surface area contributed by atoms with Crippen LogP contribution in [0.5, 0.6) is 0 Å². The van der Waals surface area contributed by atoms with Crippen LogP contribution in [-0.2, 0) is 20.9 Å². The molecule has 2 aromatic carbocycles. The molecule has 1 amide bonds. The van der Waals surface area contributed by atoms with E-state index < -0.39 is 42.7 Å². The van der Waals surface area contributed by atoms with Crippen molar-refractivity contribution in [2.75, 3.05) is 13.7 Å². The predicted octanol–water partition coefficient (Wildman–Crippen LogP) is 4.97. The number of Topliss-reactive ketones (excluding diaryl/α,β-unsaturated/α-hetero) is 1. The number of amides is 1. The Bertz CT molecular complexity index is 978. The molecule has 0 saturated carbocycles. The van der Waals surface area contributed by atoms with Gasteiger partial charge in [-0.25, -0.2) is 18.4 Å². The Labute approximate surface area is 191 Å². The van der Waals surface area contributed by atoms with E-state index in [0.717, 1.165) is 16.0 Å². The van der Waals surface area contributed by atoms with Gasteiger partial charge in [-0.1, -0.05) is 49.4 Å². The molecule has 3 rings (SSSR count). The predicted molar refractivity (Wildman–Crippen MR) is 117 cm³/mol. The van der Waals surface area contributed by atoms with Gasteiger partial charge in [0.1, 0.15) is 6.61 Å². The summed E-state index contributed by atoms with van der Waals surface area (Å²) in [6.07, 6.45) is -2.04. The van der Waals surface area contributed by atoms with Crippen LogP contribution in [0.3, 0.4) is 0 Å². The molecular formula is C25H27F2NO5. The summed E-state index contributed by atoms with van der Waals surface area (Å²) in [4.78, 5) is 38.4. The minimum absolute atomic E-state index is 0.00355. The Hall–Kier alpha value is -3.29. The van der Waals surface area contributed by atoms with Crippen LogP contribution in [0.25, 0.3) is 0 Å². The number of esters is 1. The van der Waals surface area contributed by atoms with Crippen molar-refractivity contribution in [1.29, 1.82) is 0 Å².